The second kappa shape index (κ2) is 6.21. The molecule has 0 spiro atoms. The second-order valence-electron chi connectivity index (χ2n) is 4.00. The third-order valence-electron chi connectivity index (χ3n) is 2.51. The minimum absolute atomic E-state index is 0.234. The van der Waals surface area contributed by atoms with E-state index in [-0.39, 0.29) is 4.90 Å². The van der Waals surface area contributed by atoms with E-state index in [1.54, 1.807) is 67.7 Å². The lowest BCUT2D eigenvalue weighted by molar-refractivity contribution is 0.601. The summed E-state index contributed by atoms with van der Waals surface area (Å²) in [5.41, 5.74) is 4.09. The number of sulfonamides is 1. The first-order valence-corrected chi connectivity index (χ1v) is 7.52. The quantitative estimate of drug-likeness (QED) is 0.656. The Balaban J connectivity index is 2.14. The van der Waals surface area contributed by atoms with Crippen LogP contribution in [-0.2, 0) is 10.0 Å². The number of anilines is 2. The molecule has 2 N–H and O–H groups in total. The summed E-state index contributed by atoms with van der Waals surface area (Å²) < 4.78 is 26.7. The summed E-state index contributed by atoms with van der Waals surface area (Å²) in [6, 6.07) is 15.1. The number of hydrogen-bond acceptors (Lipinski definition) is 4. The highest BCUT2D eigenvalue weighted by atomic mass is 32.2. The molecule has 0 saturated heterocycles. The predicted molar refractivity (Wildman–Crippen MR) is 81.5 cm³/mol. The summed E-state index contributed by atoms with van der Waals surface area (Å²) in [4.78, 5) is 0.234. The fourth-order valence-corrected chi connectivity index (χ4v) is 2.65. The van der Waals surface area contributed by atoms with Crippen molar-refractivity contribution >= 4 is 27.6 Å². The number of hydrogen-bond donors (Lipinski definition) is 2. The van der Waals surface area contributed by atoms with Crippen molar-refractivity contribution < 1.29 is 8.42 Å². The van der Waals surface area contributed by atoms with Gasteiger partial charge in [-0.15, -0.1) is 0 Å². The molecule has 0 radical (unpaired) electrons. The summed E-state index contributed by atoms with van der Waals surface area (Å²) in [5.74, 6) is 0. The van der Waals surface area contributed by atoms with E-state index in [0.717, 1.165) is 5.69 Å². The fourth-order valence-electron chi connectivity index (χ4n) is 1.57. The topological polar surface area (TPSA) is 70.6 Å². The maximum Gasteiger partial charge on any atom is 0.261 e. The van der Waals surface area contributed by atoms with Gasteiger partial charge in [0.15, 0.2) is 0 Å². The number of nitrogens with one attached hydrogen (secondary N) is 2. The third-order valence-corrected chi connectivity index (χ3v) is 3.91. The number of hydrazone groups is 1. The summed E-state index contributed by atoms with van der Waals surface area (Å²) in [5, 5.41) is 3.88. The molecule has 0 amide bonds. The maximum atomic E-state index is 12.1. The molecule has 0 aromatic heterocycles. The van der Waals surface area contributed by atoms with Crippen molar-refractivity contribution in [3.63, 3.8) is 0 Å². The molecule has 0 unspecified atom stereocenters. The Morgan fingerprint density at radius 1 is 0.950 bits per heavy atom. The molecule has 0 atom stereocenters. The van der Waals surface area contributed by atoms with Crippen LogP contribution in [0.1, 0.15) is 6.92 Å². The molecule has 0 aliphatic rings. The van der Waals surface area contributed by atoms with Gasteiger partial charge in [-0.2, -0.15) is 5.10 Å². The summed E-state index contributed by atoms with van der Waals surface area (Å²) in [6.07, 6.45) is 1.63. The zero-order valence-corrected chi connectivity index (χ0v) is 11.8. The van der Waals surface area contributed by atoms with Crippen LogP contribution < -0.4 is 10.1 Å². The van der Waals surface area contributed by atoms with Crippen LogP contribution in [0.3, 0.4) is 0 Å². The Hall–Kier alpha value is -2.34. The van der Waals surface area contributed by atoms with Gasteiger partial charge in [0.05, 0.1) is 10.6 Å². The lowest BCUT2D eigenvalue weighted by Crippen LogP contribution is -2.12. The molecule has 0 aliphatic heterocycles. The van der Waals surface area contributed by atoms with Gasteiger partial charge in [-0.1, -0.05) is 18.2 Å². The first-order chi connectivity index (χ1) is 9.62. The lowest BCUT2D eigenvalue weighted by Gasteiger charge is -2.08. The minimum Gasteiger partial charge on any atom is -0.280 e. The van der Waals surface area contributed by atoms with Crippen molar-refractivity contribution in [1.29, 1.82) is 0 Å². The van der Waals surface area contributed by atoms with Gasteiger partial charge in [0.1, 0.15) is 0 Å². The predicted octanol–water partition coefficient (Wildman–Crippen LogP) is 2.91. The van der Waals surface area contributed by atoms with E-state index in [1.165, 1.54) is 0 Å². The average Bonchev–Trinajstić information content (AvgIpc) is 2.47. The molecule has 2 aromatic rings. The maximum absolute atomic E-state index is 12.1. The summed E-state index contributed by atoms with van der Waals surface area (Å²) in [7, 11) is -3.54. The van der Waals surface area contributed by atoms with E-state index in [2.05, 4.69) is 15.2 Å². The molecule has 20 heavy (non-hydrogen) atoms. The van der Waals surface area contributed by atoms with Gasteiger partial charge in [0.2, 0.25) is 0 Å². The molecule has 0 bridgehead atoms. The van der Waals surface area contributed by atoms with Crippen LogP contribution in [0.5, 0.6) is 0 Å². The van der Waals surface area contributed by atoms with Crippen molar-refractivity contribution in [3.8, 4) is 0 Å². The van der Waals surface area contributed by atoms with Gasteiger partial charge in [0.25, 0.3) is 10.0 Å². The molecular formula is C14H15N3O2S. The van der Waals surface area contributed by atoms with E-state index in [1.807, 2.05) is 0 Å². The normalized spacial score (nSPS) is 11.4. The molecular weight excluding hydrogens is 274 g/mol. The van der Waals surface area contributed by atoms with Gasteiger partial charge in [-0.05, 0) is 43.3 Å². The van der Waals surface area contributed by atoms with Crippen LogP contribution in [0.4, 0.5) is 11.4 Å². The van der Waals surface area contributed by atoms with E-state index >= 15 is 0 Å². The second-order valence-corrected chi connectivity index (χ2v) is 5.68. The standard InChI is InChI=1S/C14H15N3O2S/c1-2-15-16-12-8-10-13(11-9-12)17-20(18,19)14-6-4-3-5-7-14/h2-11,16-17H,1H3. The Kier molecular flexibility index (Phi) is 4.37. The Labute approximate surface area is 118 Å². The molecule has 104 valence electrons. The van der Waals surface area contributed by atoms with Crippen LogP contribution in [0.2, 0.25) is 0 Å². The van der Waals surface area contributed by atoms with Crippen molar-refractivity contribution in [2.45, 2.75) is 11.8 Å². The largest absolute Gasteiger partial charge is 0.280 e. The lowest BCUT2D eigenvalue weighted by atomic mass is 10.3. The fraction of sp³-hybridized carbons (Fsp3) is 0.0714. The monoisotopic (exact) mass is 289 g/mol. The highest BCUT2D eigenvalue weighted by Gasteiger charge is 2.12. The van der Waals surface area contributed by atoms with Crippen molar-refractivity contribution in [1.82, 2.24) is 0 Å². The van der Waals surface area contributed by atoms with Gasteiger partial charge in [-0.25, -0.2) is 8.42 Å². The van der Waals surface area contributed by atoms with Crippen molar-refractivity contribution in [3.05, 3.63) is 54.6 Å². The van der Waals surface area contributed by atoms with Gasteiger partial charge in [-0.3, -0.25) is 10.1 Å². The SMILES string of the molecule is CC=NNc1ccc(NS(=O)(=O)c2ccccc2)cc1. The first kappa shape index (κ1) is 14.1. The van der Waals surface area contributed by atoms with E-state index in [9.17, 15) is 8.42 Å². The highest BCUT2D eigenvalue weighted by molar-refractivity contribution is 7.92. The molecule has 0 fully saturated rings. The summed E-state index contributed by atoms with van der Waals surface area (Å²) in [6.45, 7) is 1.80. The Morgan fingerprint density at radius 2 is 1.55 bits per heavy atom. The first-order valence-electron chi connectivity index (χ1n) is 6.03. The van der Waals surface area contributed by atoms with Gasteiger partial charge < -0.3 is 0 Å². The molecule has 2 aromatic carbocycles. The zero-order chi connectivity index (χ0) is 14.4. The van der Waals surface area contributed by atoms with Crippen LogP contribution >= 0.6 is 0 Å². The zero-order valence-electron chi connectivity index (χ0n) is 10.9. The molecule has 0 heterocycles. The number of nitrogens with zero attached hydrogens (tertiary/aromatic N) is 1. The third kappa shape index (κ3) is 3.58. The van der Waals surface area contributed by atoms with E-state index in [4.69, 9.17) is 0 Å². The molecule has 5 nitrogen and oxygen atoms in total. The van der Waals surface area contributed by atoms with E-state index < -0.39 is 10.0 Å². The Morgan fingerprint density at radius 3 is 2.15 bits per heavy atom. The molecule has 0 saturated carbocycles. The Bertz CT molecular complexity index is 680. The van der Waals surface area contributed by atoms with Crippen LogP contribution in [-0.4, -0.2) is 14.6 Å². The van der Waals surface area contributed by atoms with Gasteiger partial charge in [0, 0.05) is 11.9 Å². The molecule has 6 heteroatoms. The number of rotatable bonds is 5. The summed E-state index contributed by atoms with van der Waals surface area (Å²) >= 11 is 0. The van der Waals surface area contributed by atoms with Crippen molar-refractivity contribution in [2.24, 2.45) is 5.10 Å². The highest BCUT2D eigenvalue weighted by Crippen LogP contribution is 2.18. The average molecular weight is 289 g/mol. The molecule has 0 aliphatic carbocycles. The minimum atomic E-state index is -3.54. The van der Waals surface area contributed by atoms with Crippen LogP contribution in [0.15, 0.2) is 64.6 Å². The van der Waals surface area contributed by atoms with E-state index in [0.29, 0.717) is 5.69 Å². The van der Waals surface area contributed by atoms with Crippen LogP contribution in [0, 0.1) is 0 Å². The van der Waals surface area contributed by atoms with Crippen LogP contribution in [0.25, 0.3) is 0 Å². The van der Waals surface area contributed by atoms with Crippen molar-refractivity contribution in [2.75, 3.05) is 10.1 Å². The molecule has 2 rings (SSSR count). The van der Waals surface area contributed by atoms with Gasteiger partial charge >= 0.3 is 0 Å². The number of benzene rings is 2. The smallest absolute Gasteiger partial charge is 0.261 e.